The predicted molar refractivity (Wildman–Crippen MR) is 55.7 cm³/mol. The number of hydrogen-bond donors (Lipinski definition) is 0. The van der Waals surface area contributed by atoms with Crippen molar-refractivity contribution in [3.05, 3.63) is 53.3 Å². The molecule has 0 spiro atoms. The summed E-state index contributed by atoms with van der Waals surface area (Å²) in [6.45, 7) is 0. The lowest BCUT2D eigenvalue weighted by molar-refractivity contribution is 0.436. The maximum atomic E-state index is 13.2. The first-order valence-electron chi connectivity index (χ1n) is 4.38. The summed E-state index contributed by atoms with van der Waals surface area (Å²) in [6.07, 6.45) is 2.81. The van der Waals surface area contributed by atoms with Crippen LogP contribution in [0.2, 0.25) is 5.02 Å². The number of pyridine rings is 1. The van der Waals surface area contributed by atoms with Crippen LogP contribution in [0.25, 0.3) is 0 Å². The topological polar surface area (TPSA) is 22.1 Å². The van der Waals surface area contributed by atoms with Gasteiger partial charge in [-0.1, -0.05) is 11.6 Å². The maximum absolute atomic E-state index is 13.2. The van der Waals surface area contributed by atoms with Gasteiger partial charge in [0.05, 0.1) is 11.2 Å². The number of benzene rings is 1. The summed E-state index contributed by atoms with van der Waals surface area (Å²) >= 11 is 5.68. The fraction of sp³-hybridized carbons (Fsp3) is 0. The average molecular weight is 242 g/mol. The number of rotatable bonds is 2. The molecule has 0 aliphatic heterocycles. The van der Waals surface area contributed by atoms with Gasteiger partial charge in [0.2, 0.25) is 0 Å². The molecular formula is C11H6ClF2NO. The van der Waals surface area contributed by atoms with Crippen LogP contribution in [0.4, 0.5) is 8.78 Å². The molecule has 0 N–H and O–H groups in total. The van der Waals surface area contributed by atoms with E-state index in [4.69, 9.17) is 16.3 Å². The van der Waals surface area contributed by atoms with Crippen LogP contribution in [0.1, 0.15) is 0 Å². The summed E-state index contributed by atoms with van der Waals surface area (Å²) in [5, 5.41) is 0.375. The SMILES string of the molecule is Fc1ccc(Oc2cncc(Cl)c2)c(F)c1. The van der Waals surface area contributed by atoms with Crippen molar-refractivity contribution in [2.24, 2.45) is 0 Å². The van der Waals surface area contributed by atoms with Crippen molar-refractivity contribution in [3.8, 4) is 11.5 Å². The van der Waals surface area contributed by atoms with E-state index >= 15 is 0 Å². The molecule has 0 saturated heterocycles. The van der Waals surface area contributed by atoms with Gasteiger partial charge in [-0.2, -0.15) is 0 Å². The van der Waals surface area contributed by atoms with Crippen molar-refractivity contribution in [3.63, 3.8) is 0 Å². The van der Waals surface area contributed by atoms with Gasteiger partial charge in [-0.05, 0) is 12.1 Å². The third-order valence-electron chi connectivity index (χ3n) is 1.80. The van der Waals surface area contributed by atoms with E-state index in [1.165, 1.54) is 24.5 Å². The second kappa shape index (κ2) is 4.45. The first kappa shape index (κ1) is 10.8. The molecule has 0 atom stereocenters. The molecule has 2 aromatic rings. The molecule has 0 aliphatic rings. The van der Waals surface area contributed by atoms with Gasteiger partial charge < -0.3 is 4.74 Å². The Kier molecular flexibility index (Phi) is 3.01. The summed E-state index contributed by atoms with van der Waals surface area (Å²) < 4.78 is 31.0. The Hall–Kier alpha value is -1.68. The lowest BCUT2D eigenvalue weighted by Gasteiger charge is -2.06. The Bertz CT molecular complexity index is 519. The van der Waals surface area contributed by atoms with Gasteiger partial charge in [0, 0.05) is 18.3 Å². The molecular weight excluding hydrogens is 236 g/mol. The van der Waals surface area contributed by atoms with Crippen molar-refractivity contribution in [1.29, 1.82) is 0 Å². The van der Waals surface area contributed by atoms with Crippen molar-refractivity contribution >= 4 is 11.6 Å². The normalized spacial score (nSPS) is 10.2. The molecule has 0 aliphatic carbocycles. The molecule has 82 valence electrons. The highest BCUT2D eigenvalue weighted by molar-refractivity contribution is 6.30. The highest BCUT2D eigenvalue weighted by Gasteiger charge is 2.06. The van der Waals surface area contributed by atoms with Gasteiger partial charge in [-0.3, -0.25) is 4.98 Å². The summed E-state index contributed by atoms with van der Waals surface area (Å²) in [7, 11) is 0. The molecule has 0 radical (unpaired) electrons. The minimum absolute atomic E-state index is 0.0783. The quantitative estimate of drug-likeness (QED) is 0.798. The minimum atomic E-state index is -0.778. The molecule has 0 bridgehead atoms. The Labute approximate surface area is 95.5 Å². The van der Waals surface area contributed by atoms with Crippen molar-refractivity contribution in [2.75, 3.05) is 0 Å². The molecule has 0 amide bonds. The monoisotopic (exact) mass is 241 g/mol. The van der Waals surface area contributed by atoms with Gasteiger partial charge in [-0.15, -0.1) is 0 Å². The molecule has 1 heterocycles. The Morgan fingerprint density at radius 2 is 1.94 bits per heavy atom. The van der Waals surface area contributed by atoms with Crippen molar-refractivity contribution < 1.29 is 13.5 Å². The molecule has 0 fully saturated rings. The number of hydrogen-bond acceptors (Lipinski definition) is 2. The summed E-state index contributed by atoms with van der Waals surface area (Å²) in [5.41, 5.74) is 0. The zero-order valence-electron chi connectivity index (χ0n) is 7.95. The molecule has 0 unspecified atom stereocenters. The van der Waals surface area contributed by atoms with Gasteiger partial charge >= 0.3 is 0 Å². The second-order valence-corrected chi connectivity index (χ2v) is 3.45. The first-order valence-corrected chi connectivity index (χ1v) is 4.76. The van der Waals surface area contributed by atoms with Crippen LogP contribution >= 0.6 is 11.6 Å². The summed E-state index contributed by atoms with van der Waals surface area (Å²) in [6, 6.07) is 4.53. The first-order chi connectivity index (χ1) is 7.65. The van der Waals surface area contributed by atoms with E-state index in [-0.39, 0.29) is 11.5 Å². The molecule has 1 aromatic carbocycles. The highest BCUT2D eigenvalue weighted by Crippen LogP contribution is 2.25. The average Bonchev–Trinajstić information content (AvgIpc) is 2.22. The number of ether oxygens (including phenoxy) is 1. The standard InChI is InChI=1S/C11H6ClF2NO/c12-7-3-9(6-15-5-7)16-11-2-1-8(13)4-10(11)14/h1-6H. The van der Waals surface area contributed by atoms with E-state index in [0.717, 1.165) is 12.1 Å². The lowest BCUT2D eigenvalue weighted by Crippen LogP contribution is -1.90. The third-order valence-corrected chi connectivity index (χ3v) is 2.01. The smallest absolute Gasteiger partial charge is 0.168 e. The Morgan fingerprint density at radius 1 is 1.12 bits per heavy atom. The predicted octanol–water partition coefficient (Wildman–Crippen LogP) is 3.81. The van der Waals surface area contributed by atoms with E-state index in [0.29, 0.717) is 5.02 Å². The van der Waals surface area contributed by atoms with Crippen LogP contribution < -0.4 is 4.74 Å². The summed E-state index contributed by atoms with van der Waals surface area (Å²) in [4.78, 5) is 3.77. The minimum Gasteiger partial charge on any atom is -0.453 e. The molecule has 16 heavy (non-hydrogen) atoms. The van der Waals surface area contributed by atoms with Crippen LogP contribution in [0, 0.1) is 11.6 Å². The maximum Gasteiger partial charge on any atom is 0.168 e. The fourth-order valence-corrected chi connectivity index (χ4v) is 1.30. The van der Waals surface area contributed by atoms with E-state index in [1.807, 2.05) is 0 Å². The highest BCUT2D eigenvalue weighted by atomic mass is 35.5. The van der Waals surface area contributed by atoms with E-state index < -0.39 is 11.6 Å². The van der Waals surface area contributed by atoms with Gasteiger partial charge in [0.15, 0.2) is 11.6 Å². The van der Waals surface area contributed by atoms with E-state index in [9.17, 15) is 8.78 Å². The number of nitrogens with zero attached hydrogens (tertiary/aromatic N) is 1. The molecule has 1 aromatic heterocycles. The van der Waals surface area contributed by atoms with E-state index in [1.54, 1.807) is 0 Å². The van der Waals surface area contributed by atoms with Crippen LogP contribution in [-0.4, -0.2) is 4.98 Å². The van der Waals surface area contributed by atoms with E-state index in [2.05, 4.69) is 4.98 Å². The Balaban J connectivity index is 2.27. The molecule has 2 rings (SSSR count). The number of halogens is 3. The molecule has 5 heteroatoms. The zero-order chi connectivity index (χ0) is 11.5. The molecule has 2 nitrogen and oxygen atoms in total. The molecule has 0 saturated carbocycles. The van der Waals surface area contributed by atoms with Crippen LogP contribution in [0.15, 0.2) is 36.7 Å². The fourth-order valence-electron chi connectivity index (χ4n) is 1.13. The largest absolute Gasteiger partial charge is 0.453 e. The summed E-state index contributed by atoms with van der Waals surface area (Å²) in [5.74, 6) is -1.22. The van der Waals surface area contributed by atoms with Gasteiger partial charge in [-0.25, -0.2) is 8.78 Å². The second-order valence-electron chi connectivity index (χ2n) is 3.02. The van der Waals surface area contributed by atoms with Gasteiger partial charge in [0.1, 0.15) is 11.6 Å². The van der Waals surface area contributed by atoms with Crippen LogP contribution in [-0.2, 0) is 0 Å². The number of aromatic nitrogens is 1. The van der Waals surface area contributed by atoms with Crippen LogP contribution in [0.3, 0.4) is 0 Å². The van der Waals surface area contributed by atoms with Crippen molar-refractivity contribution in [1.82, 2.24) is 4.98 Å². The zero-order valence-corrected chi connectivity index (χ0v) is 8.71. The third kappa shape index (κ3) is 2.46. The lowest BCUT2D eigenvalue weighted by atomic mass is 10.3. The van der Waals surface area contributed by atoms with Crippen LogP contribution in [0.5, 0.6) is 11.5 Å². The Morgan fingerprint density at radius 3 is 2.62 bits per heavy atom. The van der Waals surface area contributed by atoms with Gasteiger partial charge in [0.25, 0.3) is 0 Å². The van der Waals surface area contributed by atoms with Crippen molar-refractivity contribution in [2.45, 2.75) is 0 Å².